The van der Waals surface area contributed by atoms with Crippen LogP contribution in [0.5, 0.6) is 0 Å². The molecule has 0 bridgehead atoms. The zero-order valence-electron chi connectivity index (χ0n) is 9.26. The molecule has 0 radical (unpaired) electrons. The average molecular weight is 196 g/mol. The normalized spacial score (nSPS) is 7.79. The second-order valence-electron chi connectivity index (χ2n) is 2.66. The third-order valence-electron chi connectivity index (χ3n) is 1.66. The van der Waals surface area contributed by atoms with E-state index in [2.05, 4.69) is 22.3 Å². The zero-order valence-corrected chi connectivity index (χ0v) is 9.26. The van der Waals surface area contributed by atoms with Crippen molar-refractivity contribution in [1.82, 2.24) is 0 Å². The fraction of sp³-hybridized carbons (Fsp3) is 0.500. The molecule has 0 unspecified atom stereocenters. The molecule has 2 heteroatoms. The van der Waals surface area contributed by atoms with Crippen molar-refractivity contribution >= 4 is 11.4 Å². The van der Waals surface area contributed by atoms with Gasteiger partial charge in [0.25, 0.3) is 0 Å². The molecule has 0 fully saturated rings. The molecule has 0 saturated carbocycles. The van der Waals surface area contributed by atoms with E-state index >= 15 is 0 Å². The van der Waals surface area contributed by atoms with Crippen molar-refractivity contribution in [2.45, 2.75) is 21.3 Å². The van der Waals surface area contributed by atoms with Gasteiger partial charge in [-0.3, -0.25) is 0 Å². The number of rotatable bonds is 2. The molecule has 1 rings (SSSR count). The maximum atomic E-state index is 3.14. The van der Waals surface area contributed by atoms with Crippen LogP contribution in [-0.2, 0) is 0 Å². The van der Waals surface area contributed by atoms with Crippen LogP contribution in [0.3, 0.4) is 0 Å². The van der Waals surface area contributed by atoms with Gasteiger partial charge in [-0.15, -0.1) is 0 Å². The van der Waals surface area contributed by atoms with Crippen LogP contribution in [0.25, 0.3) is 0 Å². The van der Waals surface area contributed by atoms with E-state index in [1.165, 1.54) is 5.69 Å². The van der Waals surface area contributed by atoms with E-state index in [9.17, 15) is 0 Å². The first-order valence-corrected chi connectivity index (χ1v) is 4.70. The Kier molecular flexibility index (Phi) is 9.20. The average Bonchev–Trinajstić information content (AvgIpc) is 2.20. The highest BCUT2D eigenvalue weighted by molar-refractivity contribution is 5.68. The van der Waals surface area contributed by atoms with Crippen LogP contribution < -0.4 is 10.2 Å². The Bertz CT molecular complexity index is 232. The molecule has 1 aromatic carbocycles. The Morgan fingerprint density at radius 3 is 1.93 bits per heavy atom. The van der Waals surface area contributed by atoms with Gasteiger partial charge in [0.2, 0.25) is 0 Å². The molecule has 0 aliphatic carbocycles. The maximum Gasteiger partial charge on any atom is 0.0596 e. The highest BCUT2D eigenvalue weighted by Crippen LogP contribution is 2.22. The summed E-state index contributed by atoms with van der Waals surface area (Å²) in [6.07, 6.45) is 0. The first-order valence-electron chi connectivity index (χ1n) is 4.70. The van der Waals surface area contributed by atoms with Crippen molar-refractivity contribution in [3.8, 4) is 0 Å². The lowest BCUT2D eigenvalue weighted by Crippen LogP contribution is -2.10. The molecule has 14 heavy (non-hydrogen) atoms. The van der Waals surface area contributed by atoms with Gasteiger partial charge >= 0.3 is 0 Å². The van der Waals surface area contributed by atoms with E-state index in [0.29, 0.717) is 0 Å². The van der Waals surface area contributed by atoms with Crippen molar-refractivity contribution in [3.63, 3.8) is 0 Å². The van der Waals surface area contributed by atoms with Gasteiger partial charge in [-0.05, 0) is 12.1 Å². The summed E-state index contributed by atoms with van der Waals surface area (Å²) in [7, 11) is 6.01. The van der Waals surface area contributed by atoms with Gasteiger partial charge in [0.1, 0.15) is 0 Å². The van der Waals surface area contributed by atoms with Crippen LogP contribution in [0.4, 0.5) is 11.4 Å². The topological polar surface area (TPSA) is 15.3 Å². The number of hydrogen-bond donors (Lipinski definition) is 1. The largest absolute Gasteiger partial charge is 0.386 e. The lowest BCUT2D eigenvalue weighted by atomic mass is 10.2. The standard InChI is InChI=1S/C9H14N2.C2H6.CH4/c1-10-8-6-4-5-7-9(8)11(2)3;1-2;/h4-7,10H,1-3H3;1-2H3;1H4. The summed E-state index contributed by atoms with van der Waals surface area (Å²) >= 11 is 0. The molecule has 0 heterocycles. The Labute approximate surface area is 88.9 Å². The smallest absolute Gasteiger partial charge is 0.0596 e. The summed E-state index contributed by atoms with van der Waals surface area (Å²) in [6.45, 7) is 4.00. The Hall–Kier alpha value is -1.18. The Balaban J connectivity index is 0. The summed E-state index contributed by atoms with van der Waals surface area (Å²) in [4.78, 5) is 2.09. The number of hydrogen-bond acceptors (Lipinski definition) is 2. The molecule has 0 aromatic heterocycles. The van der Waals surface area contributed by atoms with Crippen molar-refractivity contribution in [2.75, 3.05) is 31.4 Å². The van der Waals surface area contributed by atoms with Gasteiger partial charge in [0.05, 0.1) is 11.4 Å². The summed E-state index contributed by atoms with van der Waals surface area (Å²) in [5.41, 5.74) is 2.38. The molecule has 1 aromatic rings. The van der Waals surface area contributed by atoms with Crippen LogP contribution >= 0.6 is 0 Å². The van der Waals surface area contributed by atoms with Gasteiger partial charge in [-0.1, -0.05) is 33.4 Å². The molecule has 0 saturated heterocycles. The summed E-state index contributed by atoms with van der Waals surface area (Å²) in [6, 6.07) is 8.22. The number of para-hydroxylation sites is 2. The lowest BCUT2D eigenvalue weighted by Gasteiger charge is -2.16. The van der Waals surface area contributed by atoms with E-state index in [1.54, 1.807) is 0 Å². The number of benzene rings is 1. The van der Waals surface area contributed by atoms with Crippen molar-refractivity contribution < 1.29 is 0 Å². The first-order chi connectivity index (χ1) is 6.25. The van der Waals surface area contributed by atoms with Gasteiger partial charge in [-0.2, -0.15) is 0 Å². The molecule has 0 aliphatic rings. The molecular formula is C12H24N2. The summed E-state index contributed by atoms with van der Waals surface area (Å²) in [5.74, 6) is 0. The van der Waals surface area contributed by atoms with Crippen molar-refractivity contribution in [2.24, 2.45) is 0 Å². The highest BCUT2D eigenvalue weighted by Gasteiger charge is 1.98. The van der Waals surface area contributed by atoms with Crippen LogP contribution in [0.2, 0.25) is 0 Å². The number of nitrogens with zero attached hydrogens (tertiary/aromatic N) is 1. The first kappa shape index (κ1) is 15.3. The summed E-state index contributed by atoms with van der Waals surface area (Å²) in [5, 5.41) is 3.14. The second-order valence-corrected chi connectivity index (χ2v) is 2.66. The monoisotopic (exact) mass is 196 g/mol. The minimum Gasteiger partial charge on any atom is -0.386 e. The SMILES string of the molecule is C.CC.CNc1ccccc1N(C)C. The van der Waals surface area contributed by atoms with E-state index in [-0.39, 0.29) is 7.43 Å². The Morgan fingerprint density at radius 2 is 1.57 bits per heavy atom. The van der Waals surface area contributed by atoms with Crippen LogP contribution in [-0.4, -0.2) is 21.1 Å². The molecular weight excluding hydrogens is 172 g/mol. The molecule has 82 valence electrons. The van der Waals surface area contributed by atoms with Crippen molar-refractivity contribution in [1.29, 1.82) is 0 Å². The van der Waals surface area contributed by atoms with Gasteiger partial charge in [-0.25, -0.2) is 0 Å². The minimum atomic E-state index is 0. The second kappa shape index (κ2) is 8.42. The number of anilines is 2. The lowest BCUT2D eigenvalue weighted by molar-refractivity contribution is 1.13. The van der Waals surface area contributed by atoms with Crippen LogP contribution in [0.1, 0.15) is 21.3 Å². The molecule has 1 N–H and O–H groups in total. The van der Waals surface area contributed by atoms with Crippen LogP contribution in [0, 0.1) is 0 Å². The fourth-order valence-electron chi connectivity index (χ4n) is 1.08. The highest BCUT2D eigenvalue weighted by atomic mass is 15.1. The number of nitrogens with one attached hydrogen (secondary N) is 1. The third kappa shape index (κ3) is 4.17. The molecule has 0 aliphatic heterocycles. The van der Waals surface area contributed by atoms with Gasteiger partial charge in [0.15, 0.2) is 0 Å². The fourth-order valence-corrected chi connectivity index (χ4v) is 1.08. The molecule has 0 amide bonds. The van der Waals surface area contributed by atoms with E-state index in [0.717, 1.165) is 5.69 Å². The maximum absolute atomic E-state index is 3.14. The molecule has 0 spiro atoms. The Morgan fingerprint density at radius 1 is 1.07 bits per heavy atom. The predicted molar refractivity (Wildman–Crippen MR) is 68.4 cm³/mol. The molecule has 0 atom stereocenters. The van der Waals surface area contributed by atoms with E-state index in [1.807, 2.05) is 47.1 Å². The van der Waals surface area contributed by atoms with Gasteiger partial charge < -0.3 is 10.2 Å². The minimum absolute atomic E-state index is 0. The quantitative estimate of drug-likeness (QED) is 0.779. The summed E-state index contributed by atoms with van der Waals surface area (Å²) < 4.78 is 0. The van der Waals surface area contributed by atoms with E-state index in [4.69, 9.17) is 0 Å². The zero-order chi connectivity index (χ0) is 10.3. The molecule has 2 nitrogen and oxygen atoms in total. The van der Waals surface area contributed by atoms with Crippen LogP contribution in [0.15, 0.2) is 24.3 Å². The predicted octanol–water partition coefficient (Wildman–Crippen LogP) is 3.46. The van der Waals surface area contributed by atoms with E-state index < -0.39 is 0 Å². The van der Waals surface area contributed by atoms with Crippen molar-refractivity contribution in [3.05, 3.63) is 24.3 Å². The third-order valence-corrected chi connectivity index (χ3v) is 1.66. The van der Waals surface area contributed by atoms with Gasteiger partial charge in [0, 0.05) is 21.1 Å².